The number of hydrogen-bond donors (Lipinski definition) is 2. The SMILES string of the molecule is O=C(O)CN(CC(=O)O)C[PH](=O)c1ccccc1. The van der Waals surface area contributed by atoms with Gasteiger partial charge in [0.1, 0.15) is 7.80 Å². The Morgan fingerprint density at radius 2 is 1.56 bits per heavy atom. The van der Waals surface area contributed by atoms with E-state index in [1.807, 2.05) is 0 Å². The zero-order valence-electron chi connectivity index (χ0n) is 9.57. The fraction of sp³-hybridized carbons (Fsp3) is 0.273. The fourth-order valence-corrected chi connectivity index (χ4v) is 2.85. The summed E-state index contributed by atoms with van der Waals surface area (Å²) >= 11 is 0. The molecule has 0 aliphatic heterocycles. The first-order valence-corrected chi connectivity index (χ1v) is 6.84. The van der Waals surface area contributed by atoms with Crippen molar-refractivity contribution in [2.24, 2.45) is 0 Å². The van der Waals surface area contributed by atoms with E-state index in [1.165, 1.54) is 0 Å². The van der Waals surface area contributed by atoms with E-state index in [2.05, 4.69) is 0 Å². The lowest BCUT2D eigenvalue weighted by Gasteiger charge is -2.17. The molecule has 7 heteroatoms. The molecule has 0 aliphatic carbocycles. The standard InChI is InChI=1S/C11H14NO5P/c13-10(14)6-12(7-11(15)16)8-18(17)9-4-2-1-3-5-9/h1-5,18H,6-8H2,(H,13,14)(H,15,16). The van der Waals surface area contributed by atoms with Crippen LogP contribution in [0.1, 0.15) is 0 Å². The van der Waals surface area contributed by atoms with Crippen molar-refractivity contribution in [3.8, 4) is 0 Å². The second-order valence-electron chi connectivity index (χ2n) is 3.72. The lowest BCUT2D eigenvalue weighted by molar-refractivity contribution is -0.141. The number of hydrogen-bond acceptors (Lipinski definition) is 4. The molecule has 18 heavy (non-hydrogen) atoms. The summed E-state index contributed by atoms with van der Waals surface area (Å²) < 4.78 is 12.0. The minimum absolute atomic E-state index is 0.0483. The van der Waals surface area contributed by atoms with Crippen LogP contribution >= 0.6 is 7.80 Å². The summed E-state index contributed by atoms with van der Waals surface area (Å²) in [6.45, 7) is -0.870. The second-order valence-corrected chi connectivity index (χ2v) is 5.46. The Morgan fingerprint density at radius 1 is 1.06 bits per heavy atom. The van der Waals surface area contributed by atoms with Crippen LogP contribution in [0.25, 0.3) is 0 Å². The van der Waals surface area contributed by atoms with E-state index in [0.29, 0.717) is 5.30 Å². The van der Waals surface area contributed by atoms with E-state index in [-0.39, 0.29) is 6.29 Å². The Kier molecular flexibility index (Phi) is 5.55. The Hall–Kier alpha value is -1.65. The van der Waals surface area contributed by atoms with Gasteiger partial charge in [-0.1, -0.05) is 30.3 Å². The van der Waals surface area contributed by atoms with Crippen LogP contribution in [0, 0.1) is 0 Å². The summed E-state index contributed by atoms with van der Waals surface area (Å²) in [5.74, 6) is -2.28. The maximum atomic E-state index is 12.0. The number of benzene rings is 1. The minimum atomic E-state index is -2.21. The zero-order chi connectivity index (χ0) is 13.5. The van der Waals surface area contributed by atoms with Crippen LogP contribution in [0.15, 0.2) is 30.3 Å². The van der Waals surface area contributed by atoms with Crippen LogP contribution in [-0.2, 0) is 14.2 Å². The molecule has 6 nitrogen and oxygen atoms in total. The highest BCUT2D eigenvalue weighted by Crippen LogP contribution is 2.20. The van der Waals surface area contributed by atoms with Gasteiger partial charge in [0, 0.05) is 5.30 Å². The predicted molar refractivity (Wildman–Crippen MR) is 66.8 cm³/mol. The van der Waals surface area contributed by atoms with Crippen molar-refractivity contribution in [3.63, 3.8) is 0 Å². The molecule has 0 fully saturated rings. The van der Waals surface area contributed by atoms with E-state index < -0.39 is 32.8 Å². The Balaban J connectivity index is 2.68. The number of nitrogens with zero attached hydrogens (tertiary/aromatic N) is 1. The van der Waals surface area contributed by atoms with E-state index in [0.717, 1.165) is 4.90 Å². The van der Waals surface area contributed by atoms with Crippen molar-refractivity contribution < 1.29 is 24.4 Å². The van der Waals surface area contributed by atoms with Crippen molar-refractivity contribution in [2.45, 2.75) is 0 Å². The van der Waals surface area contributed by atoms with Crippen LogP contribution in [0.3, 0.4) is 0 Å². The summed E-state index contributed by atoms with van der Waals surface area (Å²) in [7, 11) is -2.21. The van der Waals surface area contributed by atoms with Gasteiger partial charge >= 0.3 is 11.9 Å². The van der Waals surface area contributed by atoms with Crippen LogP contribution in [0.4, 0.5) is 0 Å². The molecule has 0 amide bonds. The van der Waals surface area contributed by atoms with Crippen molar-refractivity contribution in [1.82, 2.24) is 4.90 Å². The minimum Gasteiger partial charge on any atom is -0.480 e. The molecule has 0 bridgehead atoms. The van der Waals surface area contributed by atoms with E-state index in [9.17, 15) is 14.2 Å². The van der Waals surface area contributed by atoms with Gasteiger partial charge in [0.2, 0.25) is 0 Å². The van der Waals surface area contributed by atoms with E-state index in [1.54, 1.807) is 30.3 Å². The van der Waals surface area contributed by atoms with Gasteiger partial charge in [-0.15, -0.1) is 0 Å². The van der Waals surface area contributed by atoms with Gasteiger partial charge in [-0.3, -0.25) is 14.5 Å². The molecule has 1 aromatic rings. The molecule has 0 spiro atoms. The summed E-state index contributed by atoms with van der Waals surface area (Å²) in [6.07, 6.45) is -0.0483. The molecule has 0 saturated heterocycles. The predicted octanol–water partition coefficient (Wildman–Crippen LogP) is 0.300. The van der Waals surface area contributed by atoms with Gasteiger partial charge in [0.05, 0.1) is 19.4 Å². The van der Waals surface area contributed by atoms with Gasteiger partial charge < -0.3 is 14.8 Å². The van der Waals surface area contributed by atoms with Crippen molar-refractivity contribution in [3.05, 3.63) is 30.3 Å². The summed E-state index contributed by atoms with van der Waals surface area (Å²) in [6, 6.07) is 8.61. The smallest absolute Gasteiger partial charge is 0.317 e. The number of carboxylic acid groups (broad SMARTS) is 2. The van der Waals surface area contributed by atoms with Crippen LogP contribution in [0.5, 0.6) is 0 Å². The molecule has 98 valence electrons. The van der Waals surface area contributed by atoms with Gasteiger partial charge in [0.25, 0.3) is 0 Å². The van der Waals surface area contributed by atoms with Gasteiger partial charge in [-0.2, -0.15) is 0 Å². The summed E-state index contributed by atoms with van der Waals surface area (Å²) in [5, 5.41) is 17.9. The molecule has 1 atom stereocenters. The lowest BCUT2D eigenvalue weighted by atomic mass is 10.4. The second kappa shape index (κ2) is 6.93. The molecular weight excluding hydrogens is 257 g/mol. The normalized spacial score (nSPS) is 12.3. The van der Waals surface area contributed by atoms with Gasteiger partial charge in [-0.05, 0) is 0 Å². The molecule has 0 radical (unpaired) electrons. The maximum Gasteiger partial charge on any atom is 0.317 e. The average molecular weight is 271 g/mol. The van der Waals surface area contributed by atoms with Crippen LogP contribution < -0.4 is 5.30 Å². The molecule has 1 unspecified atom stereocenters. The molecule has 1 aromatic carbocycles. The van der Waals surface area contributed by atoms with Gasteiger partial charge in [-0.25, -0.2) is 0 Å². The van der Waals surface area contributed by atoms with Gasteiger partial charge in [0.15, 0.2) is 0 Å². The summed E-state index contributed by atoms with van der Waals surface area (Å²) in [4.78, 5) is 22.3. The molecule has 1 rings (SSSR count). The number of carboxylic acids is 2. The van der Waals surface area contributed by atoms with Crippen LogP contribution in [-0.4, -0.2) is 46.4 Å². The quantitative estimate of drug-likeness (QED) is 0.693. The first-order chi connectivity index (χ1) is 8.49. The fourth-order valence-electron chi connectivity index (χ4n) is 1.47. The van der Waals surface area contributed by atoms with E-state index >= 15 is 0 Å². The highest BCUT2D eigenvalue weighted by atomic mass is 31.1. The van der Waals surface area contributed by atoms with Crippen LogP contribution in [0.2, 0.25) is 0 Å². The Morgan fingerprint density at radius 3 is 2.00 bits per heavy atom. The molecule has 0 heterocycles. The summed E-state index contributed by atoms with van der Waals surface area (Å²) in [5.41, 5.74) is 0. The zero-order valence-corrected chi connectivity index (χ0v) is 10.6. The molecule has 0 aliphatic rings. The average Bonchev–Trinajstić information content (AvgIpc) is 2.28. The lowest BCUT2D eigenvalue weighted by Crippen LogP contribution is -2.34. The third-order valence-corrected chi connectivity index (χ3v) is 3.89. The monoisotopic (exact) mass is 271 g/mol. The highest BCUT2D eigenvalue weighted by Gasteiger charge is 2.16. The molecule has 0 saturated carbocycles. The molecular formula is C11H14NO5P. The number of aliphatic carboxylic acids is 2. The van der Waals surface area contributed by atoms with E-state index in [4.69, 9.17) is 10.2 Å². The van der Waals surface area contributed by atoms with Crippen molar-refractivity contribution in [1.29, 1.82) is 0 Å². The van der Waals surface area contributed by atoms with Crippen molar-refractivity contribution >= 4 is 25.0 Å². The third kappa shape index (κ3) is 5.12. The Labute approximate surface area is 105 Å². The Bertz CT molecular complexity index is 432. The number of rotatable bonds is 7. The van der Waals surface area contributed by atoms with Crippen molar-refractivity contribution in [2.75, 3.05) is 19.4 Å². The highest BCUT2D eigenvalue weighted by molar-refractivity contribution is 7.53. The first-order valence-electron chi connectivity index (χ1n) is 5.23. The third-order valence-electron chi connectivity index (χ3n) is 2.18. The first kappa shape index (κ1) is 14.4. The molecule has 2 N–H and O–H groups in total. The molecule has 0 aromatic heterocycles. The maximum absolute atomic E-state index is 12.0. The number of carbonyl (C=O) groups is 2. The largest absolute Gasteiger partial charge is 0.480 e. The topological polar surface area (TPSA) is 94.9 Å².